The van der Waals surface area contributed by atoms with E-state index in [4.69, 9.17) is 0 Å². The van der Waals surface area contributed by atoms with Crippen molar-refractivity contribution in [1.29, 1.82) is 0 Å². The molecule has 2 aromatic heterocycles. The summed E-state index contributed by atoms with van der Waals surface area (Å²) in [6, 6.07) is 1.79. The molecule has 6 nitrogen and oxygen atoms in total. The summed E-state index contributed by atoms with van der Waals surface area (Å²) in [5, 5.41) is 5.29. The summed E-state index contributed by atoms with van der Waals surface area (Å²) in [6.45, 7) is 3.61. The molecule has 0 saturated carbocycles. The summed E-state index contributed by atoms with van der Waals surface area (Å²) < 4.78 is 2.92. The van der Waals surface area contributed by atoms with E-state index in [1.165, 1.54) is 11.1 Å². The summed E-state index contributed by atoms with van der Waals surface area (Å²) in [5.74, 6) is 0.646. The highest BCUT2D eigenvalue weighted by atomic mass is 16.1. The lowest BCUT2D eigenvalue weighted by molar-refractivity contribution is 0.565. The highest BCUT2D eigenvalue weighted by molar-refractivity contribution is 5.91. The van der Waals surface area contributed by atoms with Crippen LogP contribution in [0.2, 0.25) is 0 Å². The van der Waals surface area contributed by atoms with Gasteiger partial charge in [0.2, 0.25) is 0 Å². The quantitative estimate of drug-likeness (QED) is 0.783. The smallest absolute Gasteiger partial charge is 0.274 e. The van der Waals surface area contributed by atoms with Crippen LogP contribution in [0.3, 0.4) is 0 Å². The van der Waals surface area contributed by atoms with Crippen LogP contribution in [-0.4, -0.2) is 27.4 Å². The van der Waals surface area contributed by atoms with Gasteiger partial charge in [-0.15, -0.1) is 0 Å². The number of piperidine rings is 1. The zero-order valence-corrected chi connectivity index (χ0v) is 12.7. The summed E-state index contributed by atoms with van der Waals surface area (Å²) in [5.41, 5.74) is 0.419. The van der Waals surface area contributed by atoms with E-state index in [1.807, 2.05) is 6.92 Å². The predicted octanol–water partition coefficient (Wildman–Crippen LogP) is 0.931. The lowest BCUT2D eigenvalue weighted by Gasteiger charge is -2.28. The maximum atomic E-state index is 12.6. The fourth-order valence-corrected chi connectivity index (χ4v) is 2.94. The molecule has 1 aliphatic heterocycles. The molecule has 0 atom stereocenters. The molecule has 0 radical (unpaired) electrons. The molecule has 0 unspecified atom stereocenters. The van der Waals surface area contributed by atoms with Gasteiger partial charge >= 0.3 is 0 Å². The first kappa shape index (κ1) is 13.9. The normalized spacial score (nSPS) is 15.7. The molecule has 3 heterocycles. The van der Waals surface area contributed by atoms with Crippen LogP contribution in [0.25, 0.3) is 10.8 Å². The monoisotopic (exact) mass is 288 g/mol. The molecule has 0 N–H and O–H groups in total. The zero-order chi connectivity index (χ0) is 15.1. The Labute approximate surface area is 122 Å². The van der Waals surface area contributed by atoms with Crippen molar-refractivity contribution in [2.24, 2.45) is 14.1 Å². The van der Waals surface area contributed by atoms with Crippen molar-refractivity contribution in [2.45, 2.75) is 26.2 Å². The Morgan fingerprint density at radius 1 is 1.05 bits per heavy atom. The molecular formula is C15H20N4O2. The number of pyridine rings is 1. The van der Waals surface area contributed by atoms with Crippen molar-refractivity contribution < 1.29 is 0 Å². The third-order valence-corrected chi connectivity index (χ3v) is 4.32. The SMILES string of the molecule is Cc1cc2c(=O)n(C)nc(N3CCCCC3)c2c(=O)n1C. The van der Waals surface area contributed by atoms with Crippen LogP contribution in [0.15, 0.2) is 15.7 Å². The molecule has 0 bridgehead atoms. The Bertz CT molecular complexity index is 813. The van der Waals surface area contributed by atoms with Gasteiger partial charge in [-0.3, -0.25) is 9.59 Å². The lowest BCUT2D eigenvalue weighted by Crippen LogP contribution is -2.35. The van der Waals surface area contributed by atoms with E-state index in [1.54, 1.807) is 24.7 Å². The van der Waals surface area contributed by atoms with Gasteiger partial charge in [0, 0.05) is 32.9 Å². The van der Waals surface area contributed by atoms with Crippen molar-refractivity contribution in [2.75, 3.05) is 18.0 Å². The van der Waals surface area contributed by atoms with Gasteiger partial charge in [-0.1, -0.05) is 0 Å². The number of anilines is 1. The molecule has 1 fully saturated rings. The summed E-state index contributed by atoms with van der Waals surface area (Å²) >= 11 is 0. The molecular weight excluding hydrogens is 268 g/mol. The Balaban J connectivity index is 2.39. The Morgan fingerprint density at radius 3 is 2.38 bits per heavy atom. The third-order valence-electron chi connectivity index (χ3n) is 4.32. The maximum absolute atomic E-state index is 12.6. The summed E-state index contributed by atoms with van der Waals surface area (Å²) in [4.78, 5) is 27.1. The van der Waals surface area contributed by atoms with Gasteiger partial charge in [0.1, 0.15) is 0 Å². The topological polar surface area (TPSA) is 60.1 Å². The van der Waals surface area contributed by atoms with E-state index in [2.05, 4.69) is 10.00 Å². The zero-order valence-electron chi connectivity index (χ0n) is 12.7. The number of fused-ring (bicyclic) bond motifs is 1. The lowest BCUT2D eigenvalue weighted by atomic mass is 10.1. The Morgan fingerprint density at radius 2 is 1.71 bits per heavy atom. The minimum absolute atomic E-state index is 0.143. The molecule has 0 aliphatic carbocycles. The number of aryl methyl sites for hydroxylation is 2. The fraction of sp³-hybridized carbons (Fsp3) is 0.533. The van der Waals surface area contributed by atoms with Crippen LogP contribution in [-0.2, 0) is 14.1 Å². The first-order valence-corrected chi connectivity index (χ1v) is 7.33. The van der Waals surface area contributed by atoms with E-state index < -0.39 is 0 Å². The number of hydrogen-bond donors (Lipinski definition) is 0. The molecule has 0 spiro atoms. The second-order valence-electron chi connectivity index (χ2n) is 5.74. The van der Waals surface area contributed by atoms with Gasteiger partial charge in [-0.25, -0.2) is 4.68 Å². The van der Waals surface area contributed by atoms with E-state index in [0.717, 1.165) is 31.6 Å². The average molecular weight is 288 g/mol. The van der Waals surface area contributed by atoms with Gasteiger partial charge in [0.05, 0.1) is 10.8 Å². The molecule has 0 aromatic carbocycles. The van der Waals surface area contributed by atoms with Crippen molar-refractivity contribution in [3.63, 3.8) is 0 Å². The average Bonchev–Trinajstić information content (AvgIpc) is 2.49. The van der Waals surface area contributed by atoms with E-state index in [0.29, 0.717) is 16.6 Å². The largest absolute Gasteiger partial charge is 0.355 e. The minimum Gasteiger partial charge on any atom is -0.355 e. The van der Waals surface area contributed by atoms with Crippen molar-refractivity contribution in [3.8, 4) is 0 Å². The first-order chi connectivity index (χ1) is 10.0. The standard InChI is InChI=1S/C15H20N4O2/c1-10-9-11-12(15(21)17(10)2)13(16-18(3)14(11)20)19-7-5-4-6-8-19/h9H,4-8H2,1-3H3. The van der Waals surface area contributed by atoms with Crippen LogP contribution >= 0.6 is 0 Å². The number of nitrogens with zero attached hydrogens (tertiary/aromatic N) is 4. The van der Waals surface area contributed by atoms with Gasteiger partial charge in [-0.2, -0.15) is 5.10 Å². The second kappa shape index (κ2) is 5.02. The van der Waals surface area contributed by atoms with Gasteiger partial charge < -0.3 is 9.47 Å². The van der Waals surface area contributed by atoms with E-state index in [9.17, 15) is 9.59 Å². The molecule has 3 rings (SSSR count). The number of rotatable bonds is 1. The van der Waals surface area contributed by atoms with Gasteiger partial charge in [-0.05, 0) is 32.3 Å². The number of hydrogen-bond acceptors (Lipinski definition) is 4. The number of aromatic nitrogens is 3. The van der Waals surface area contributed by atoms with E-state index >= 15 is 0 Å². The second-order valence-corrected chi connectivity index (χ2v) is 5.74. The summed E-state index contributed by atoms with van der Waals surface area (Å²) in [7, 11) is 3.37. The summed E-state index contributed by atoms with van der Waals surface area (Å²) in [6.07, 6.45) is 3.40. The predicted molar refractivity (Wildman–Crippen MR) is 83.0 cm³/mol. The van der Waals surface area contributed by atoms with E-state index in [-0.39, 0.29) is 11.1 Å². The van der Waals surface area contributed by atoms with Gasteiger partial charge in [0.25, 0.3) is 11.1 Å². The molecule has 21 heavy (non-hydrogen) atoms. The highest BCUT2D eigenvalue weighted by Crippen LogP contribution is 2.22. The van der Waals surface area contributed by atoms with Crippen molar-refractivity contribution in [1.82, 2.24) is 14.3 Å². The molecule has 1 aliphatic rings. The van der Waals surface area contributed by atoms with Crippen LogP contribution in [0, 0.1) is 6.92 Å². The van der Waals surface area contributed by atoms with Crippen LogP contribution in [0.1, 0.15) is 25.0 Å². The highest BCUT2D eigenvalue weighted by Gasteiger charge is 2.20. The Hall–Kier alpha value is -2.11. The molecule has 6 heteroatoms. The Kier molecular flexibility index (Phi) is 3.31. The minimum atomic E-state index is -0.216. The van der Waals surface area contributed by atoms with Gasteiger partial charge in [0.15, 0.2) is 5.82 Å². The third kappa shape index (κ3) is 2.14. The fourth-order valence-electron chi connectivity index (χ4n) is 2.94. The first-order valence-electron chi connectivity index (χ1n) is 7.33. The molecule has 1 saturated heterocycles. The molecule has 112 valence electrons. The van der Waals surface area contributed by atoms with Crippen LogP contribution in [0.5, 0.6) is 0 Å². The van der Waals surface area contributed by atoms with Crippen LogP contribution < -0.4 is 16.0 Å². The van der Waals surface area contributed by atoms with Crippen molar-refractivity contribution >= 4 is 16.6 Å². The molecule has 2 aromatic rings. The maximum Gasteiger partial charge on any atom is 0.274 e. The van der Waals surface area contributed by atoms with Crippen LogP contribution in [0.4, 0.5) is 5.82 Å². The molecule has 0 amide bonds. The van der Waals surface area contributed by atoms with Crippen molar-refractivity contribution in [3.05, 3.63) is 32.5 Å².